The molecule has 0 spiro atoms. The number of benzene rings is 1. The first-order valence-electron chi connectivity index (χ1n) is 10.6. The summed E-state index contributed by atoms with van der Waals surface area (Å²) in [4.78, 5) is 31.7. The average molecular weight is 439 g/mol. The quantitative estimate of drug-likeness (QED) is 0.443. The molecule has 9 heteroatoms. The number of hydrogen-bond acceptors (Lipinski definition) is 6. The number of aromatic nitrogens is 5. The van der Waals surface area contributed by atoms with Crippen LogP contribution in [0.25, 0.3) is 11.0 Å². The number of rotatable bonds is 6. The Morgan fingerprint density at radius 3 is 2.94 bits per heavy atom. The lowest BCUT2D eigenvalue weighted by Crippen LogP contribution is -2.44. The Kier molecular flexibility index (Phi) is 4.98. The molecule has 0 unspecified atom stereocenters. The van der Waals surface area contributed by atoms with Gasteiger partial charge >= 0.3 is 0 Å². The van der Waals surface area contributed by atoms with Crippen LogP contribution in [0.5, 0.6) is 0 Å². The summed E-state index contributed by atoms with van der Waals surface area (Å²) < 4.78 is 1.91. The molecule has 1 aromatic carbocycles. The minimum Gasteiger partial charge on any atom is -0.359 e. The Labute approximate surface area is 189 Å². The van der Waals surface area contributed by atoms with Crippen molar-refractivity contribution in [1.29, 1.82) is 5.26 Å². The Hall–Kier alpha value is -4.32. The third kappa shape index (κ3) is 3.46. The van der Waals surface area contributed by atoms with Crippen molar-refractivity contribution in [3.63, 3.8) is 0 Å². The monoisotopic (exact) mass is 439 g/mol. The maximum Gasteiger partial charge on any atom is 0.274 e. The fourth-order valence-electron chi connectivity index (χ4n) is 4.83. The van der Waals surface area contributed by atoms with Gasteiger partial charge in [-0.2, -0.15) is 5.26 Å². The number of anilines is 1. The average Bonchev–Trinajstić information content (AvgIpc) is 3.44. The number of fused-ring (bicyclic) bond motifs is 1. The minimum atomic E-state index is -0.401. The lowest BCUT2D eigenvalue weighted by molar-refractivity contribution is 0.102. The Morgan fingerprint density at radius 2 is 2.21 bits per heavy atom. The normalized spacial score (nSPS) is 19.6. The Balaban J connectivity index is 1.45. The number of nitrogens with zero attached hydrogens (tertiary/aromatic N) is 5. The van der Waals surface area contributed by atoms with Gasteiger partial charge in [0.2, 0.25) is 0 Å². The number of aromatic amines is 1. The number of carbonyl (C=O) groups excluding carboxylic acids is 2. The smallest absolute Gasteiger partial charge is 0.274 e. The van der Waals surface area contributed by atoms with Gasteiger partial charge in [-0.05, 0) is 48.6 Å². The highest BCUT2D eigenvalue weighted by Crippen LogP contribution is 2.53. The molecule has 1 aliphatic rings. The fourth-order valence-corrected chi connectivity index (χ4v) is 4.83. The number of hydrogen-bond donors (Lipinski definition) is 2. The van der Waals surface area contributed by atoms with E-state index in [1.54, 1.807) is 18.6 Å². The number of H-pyrrole nitrogens is 1. The molecule has 5 rings (SSSR count). The summed E-state index contributed by atoms with van der Waals surface area (Å²) in [6, 6.07) is 13.1. The fraction of sp³-hybridized carbons (Fsp3) is 0.250. The lowest BCUT2D eigenvalue weighted by Gasteiger charge is -2.46. The van der Waals surface area contributed by atoms with Crippen molar-refractivity contribution in [2.45, 2.75) is 24.7 Å². The van der Waals surface area contributed by atoms with Crippen LogP contribution in [0.2, 0.25) is 0 Å². The van der Waals surface area contributed by atoms with E-state index in [-0.39, 0.29) is 11.1 Å². The van der Waals surface area contributed by atoms with E-state index in [1.807, 2.05) is 35.9 Å². The molecule has 1 amide bonds. The first-order valence-corrected chi connectivity index (χ1v) is 10.6. The molecule has 0 bridgehead atoms. The molecule has 4 aromatic rings. The largest absolute Gasteiger partial charge is 0.359 e. The summed E-state index contributed by atoms with van der Waals surface area (Å²) >= 11 is 0. The number of pyridine rings is 1. The van der Waals surface area contributed by atoms with Gasteiger partial charge in [0.25, 0.3) is 5.91 Å². The summed E-state index contributed by atoms with van der Waals surface area (Å²) in [5.74, 6) is 0.737. The van der Waals surface area contributed by atoms with Crippen molar-refractivity contribution in [2.75, 3.05) is 5.32 Å². The van der Waals surface area contributed by atoms with E-state index < -0.39 is 5.91 Å². The third-order valence-corrected chi connectivity index (χ3v) is 6.37. The van der Waals surface area contributed by atoms with Gasteiger partial charge in [0, 0.05) is 30.9 Å². The summed E-state index contributed by atoms with van der Waals surface area (Å²) in [5, 5.41) is 20.4. The van der Waals surface area contributed by atoms with Gasteiger partial charge < -0.3 is 14.9 Å². The van der Waals surface area contributed by atoms with Crippen molar-refractivity contribution in [3.05, 3.63) is 71.6 Å². The number of nitriles is 1. The summed E-state index contributed by atoms with van der Waals surface area (Å²) in [7, 11) is 1.91. The van der Waals surface area contributed by atoms with Crippen LogP contribution < -0.4 is 5.32 Å². The molecular weight excluding hydrogens is 418 g/mol. The highest BCUT2D eigenvalue weighted by atomic mass is 16.2. The predicted octanol–water partition coefficient (Wildman–Crippen LogP) is 3.37. The lowest BCUT2D eigenvalue weighted by atomic mass is 9.57. The van der Waals surface area contributed by atoms with Gasteiger partial charge in [0.15, 0.2) is 6.29 Å². The number of amides is 1. The number of carbonyl (C=O) groups is 2. The first kappa shape index (κ1) is 20.6. The van der Waals surface area contributed by atoms with E-state index in [4.69, 9.17) is 5.26 Å². The second-order valence-corrected chi connectivity index (χ2v) is 8.47. The molecule has 33 heavy (non-hydrogen) atoms. The standard InChI is InChI=1S/C24H21N7O2/c1-31-14-27-30-23(31)24(11-15(12-24)5-7-25)17-3-2-4-18(10-17)28-22(33)20-9-16(13-32)21-19(29-20)6-8-26-21/h2-4,6,8-10,13-15,26H,5,11-12H2,1H3,(H,28,33). The molecule has 3 aromatic heterocycles. The molecule has 2 N–H and O–H groups in total. The van der Waals surface area contributed by atoms with Crippen LogP contribution in [0, 0.1) is 17.2 Å². The number of aryl methyl sites for hydroxylation is 1. The highest BCUT2D eigenvalue weighted by Gasteiger charge is 2.49. The van der Waals surface area contributed by atoms with E-state index in [1.165, 1.54) is 6.07 Å². The molecule has 9 nitrogen and oxygen atoms in total. The van der Waals surface area contributed by atoms with Crippen LogP contribution in [-0.2, 0) is 12.5 Å². The molecular formula is C24H21N7O2. The molecule has 164 valence electrons. The van der Waals surface area contributed by atoms with Gasteiger partial charge in [-0.25, -0.2) is 4.98 Å². The van der Waals surface area contributed by atoms with Crippen LogP contribution in [-0.4, -0.2) is 36.9 Å². The molecule has 0 saturated heterocycles. The van der Waals surface area contributed by atoms with Gasteiger partial charge in [-0.3, -0.25) is 9.59 Å². The zero-order chi connectivity index (χ0) is 23.0. The highest BCUT2D eigenvalue weighted by molar-refractivity contribution is 6.06. The van der Waals surface area contributed by atoms with Crippen molar-refractivity contribution >= 4 is 28.9 Å². The summed E-state index contributed by atoms with van der Waals surface area (Å²) in [5.41, 5.74) is 2.96. The van der Waals surface area contributed by atoms with Crippen molar-refractivity contribution in [1.82, 2.24) is 24.7 Å². The molecule has 3 heterocycles. The van der Waals surface area contributed by atoms with Crippen LogP contribution in [0.15, 0.2) is 48.9 Å². The number of nitrogens with one attached hydrogen (secondary N) is 2. The van der Waals surface area contributed by atoms with Crippen LogP contribution in [0.4, 0.5) is 5.69 Å². The van der Waals surface area contributed by atoms with E-state index in [0.717, 1.165) is 24.2 Å². The Morgan fingerprint density at radius 1 is 1.36 bits per heavy atom. The van der Waals surface area contributed by atoms with Gasteiger partial charge in [-0.1, -0.05) is 12.1 Å². The van der Waals surface area contributed by atoms with Gasteiger partial charge in [-0.15, -0.1) is 10.2 Å². The van der Waals surface area contributed by atoms with Crippen LogP contribution in [0.1, 0.15) is 51.5 Å². The van der Waals surface area contributed by atoms with Gasteiger partial charge in [0.05, 0.1) is 22.5 Å². The second-order valence-electron chi connectivity index (χ2n) is 8.47. The second kappa shape index (κ2) is 7.98. The zero-order valence-corrected chi connectivity index (χ0v) is 17.9. The number of aldehydes is 1. The first-order chi connectivity index (χ1) is 16.0. The van der Waals surface area contributed by atoms with Crippen molar-refractivity contribution in [2.24, 2.45) is 13.0 Å². The maximum atomic E-state index is 13.0. The van der Waals surface area contributed by atoms with E-state index in [9.17, 15) is 9.59 Å². The topological polar surface area (TPSA) is 129 Å². The van der Waals surface area contributed by atoms with Crippen molar-refractivity contribution < 1.29 is 9.59 Å². The molecule has 1 aliphatic carbocycles. The molecule has 0 radical (unpaired) electrons. The SMILES string of the molecule is Cn1cnnc1C1(c2cccc(NC(=O)c3cc(C=O)c4[nH]ccc4n3)c2)CC(CC#N)C1. The molecule has 0 aliphatic heterocycles. The van der Waals surface area contributed by atoms with Crippen LogP contribution >= 0.6 is 0 Å². The van der Waals surface area contributed by atoms with E-state index >= 15 is 0 Å². The third-order valence-electron chi connectivity index (χ3n) is 6.37. The molecule has 1 fully saturated rings. The summed E-state index contributed by atoms with van der Waals surface area (Å²) in [6.45, 7) is 0. The minimum absolute atomic E-state index is 0.162. The van der Waals surface area contributed by atoms with E-state index in [2.05, 4.69) is 31.6 Å². The Bertz CT molecular complexity index is 1410. The van der Waals surface area contributed by atoms with E-state index in [0.29, 0.717) is 40.9 Å². The van der Waals surface area contributed by atoms with Gasteiger partial charge in [0.1, 0.15) is 17.8 Å². The molecule has 0 atom stereocenters. The van der Waals surface area contributed by atoms with Crippen LogP contribution in [0.3, 0.4) is 0 Å². The maximum absolute atomic E-state index is 13.0. The predicted molar refractivity (Wildman–Crippen MR) is 121 cm³/mol. The molecule has 1 saturated carbocycles. The van der Waals surface area contributed by atoms with Crippen molar-refractivity contribution in [3.8, 4) is 6.07 Å². The summed E-state index contributed by atoms with van der Waals surface area (Å²) in [6.07, 6.45) is 6.14. The zero-order valence-electron chi connectivity index (χ0n) is 17.9.